The highest BCUT2D eigenvalue weighted by molar-refractivity contribution is 7.88. The largest absolute Gasteiger partial charge is 0.478 e. The number of sulfonamides is 1. The molecular weight excluding hydrogens is 524 g/mol. The molecule has 1 saturated carbocycles. The Bertz CT molecular complexity index is 1530. The Morgan fingerprint density at radius 3 is 2.52 bits per heavy atom. The van der Waals surface area contributed by atoms with E-state index in [0.717, 1.165) is 38.1 Å². The van der Waals surface area contributed by atoms with Gasteiger partial charge >= 0.3 is 5.97 Å². The van der Waals surface area contributed by atoms with Gasteiger partial charge in [-0.2, -0.15) is 0 Å². The van der Waals surface area contributed by atoms with Gasteiger partial charge in [-0.3, -0.25) is 0 Å². The Hall–Kier alpha value is -2.88. The van der Waals surface area contributed by atoms with Gasteiger partial charge in [0, 0.05) is 67.5 Å². The number of nitrogens with zero attached hydrogens (tertiary/aromatic N) is 4. The van der Waals surface area contributed by atoms with Crippen LogP contribution in [0.15, 0.2) is 42.5 Å². The maximum absolute atomic E-state index is 12.0. The van der Waals surface area contributed by atoms with E-state index in [1.807, 2.05) is 12.1 Å². The second-order valence-corrected chi connectivity index (χ2v) is 13.8. The van der Waals surface area contributed by atoms with E-state index in [2.05, 4.69) is 45.7 Å². The van der Waals surface area contributed by atoms with Gasteiger partial charge in [-0.1, -0.05) is 43.5 Å². The van der Waals surface area contributed by atoms with E-state index in [9.17, 15) is 18.3 Å². The van der Waals surface area contributed by atoms with Crippen LogP contribution in [0.5, 0.6) is 0 Å². The molecule has 1 aromatic heterocycles. The summed E-state index contributed by atoms with van der Waals surface area (Å²) in [6.45, 7) is 4.43. The predicted molar refractivity (Wildman–Crippen MR) is 160 cm³/mol. The van der Waals surface area contributed by atoms with Crippen LogP contribution in [-0.2, 0) is 16.6 Å². The Kier molecular flexibility index (Phi) is 7.39. The third-order valence-corrected chi connectivity index (χ3v) is 10.7. The quantitative estimate of drug-likeness (QED) is 0.442. The first-order valence-electron chi connectivity index (χ1n) is 14.6. The van der Waals surface area contributed by atoms with Gasteiger partial charge < -0.3 is 19.5 Å². The number of hydrogen-bond donors (Lipinski definition) is 1. The van der Waals surface area contributed by atoms with Crippen molar-refractivity contribution in [2.24, 2.45) is 0 Å². The Balaban J connectivity index is 1.35. The number of hydrogen-bond acceptors (Lipinski definition) is 5. The molecule has 0 spiro atoms. The molecule has 3 heterocycles. The van der Waals surface area contributed by atoms with E-state index in [-0.39, 0.29) is 6.04 Å². The van der Waals surface area contributed by atoms with Crippen molar-refractivity contribution in [3.8, 4) is 11.3 Å². The van der Waals surface area contributed by atoms with Crippen LogP contribution in [0, 0.1) is 0 Å². The molecule has 1 atom stereocenters. The molecule has 3 aliphatic rings. The molecule has 3 aromatic rings. The summed E-state index contributed by atoms with van der Waals surface area (Å²) in [5.74, 6) is -0.411. The summed E-state index contributed by atoms with van der Waals surface area (Å²) in [6.07, 6.45) is 8.26. The van der Waals surface area contributed by atoms with Crippen LogP contribution in [-0.4, -0.2) is 85.3 Å². The highest BCUT2D eigenvalue weighted by atomic mass is 32.2. The zero-order chi connectivity index (χ0) is 28.0. The number of fused-ring (bicyclic) bond motifs is 5. The molecule has 0 radical (unpaired) electrons. The van der Waals surface area contributed by atoms with E-state index in [4.69, 9.17) is 0 Å². The number of rotatable bonds is 7. The summed E-state index contributed by atoms with van der Waals surface area (Å²) in [5.41, 5.74) is 6.45. The SMILES string of the molecule is CN(CCN1CCn2c(c(C3CCCCC3)c3ccc(C(=O)O)cc32)-c2ccccc21)C1CCN(S(C)(=O)=O)C1. The molecule has 1 aliphatic carbocycles. The molecule has 0 bridgehead atoms. The molecule has 0 amide bonds. The molecule has 40 heavy (non-hydrogen) atoms. The number of carbonyl (C=O) groups is 1. The Morgan fingerprint density at radius 2 is 1.80 bits per heavy atom. The fourth-order valence-corrected chi connectivity index (χ4v) is 8.07. The number of aromatic nitrogens is 1. The molecule has 6 rings (SSSR count). The van der Waals surface area contributed by atoms with Crippen molar-refractivity contribution >= 4 is 32.6 Å². The molecule has 2 aromatic carbocycles. The summed E-state index contributed by atoms with van der Waals surface area (Å²) in [7, 11) is -1.05. The maximum atomic E-state index is 12.0. The minimum absolute atomic E-state index is 0.224. The third kappa shape index (κ3) is 5.03. The normalized spacial score (nSPS) is 20.6. The molecule has 9 heteroatoms. The fraction of sp³-hybridized carbons (Fsp3) is 0.516. The minimum Gasteiger partial charge on any atom is -0.478 e. The molecular formula is C31H40N4O4S. The topological polar surface area (TPSA) is 86.1 Å². The van der Waals surface area contributed by atoms with Crippen molar-refractivity contribution < 1.29 is 18.3 Å². The third-order valence-electron chi connectivity index (χ3n) is 9.40. The summed E-state index contributed by atoms with van der Waals surface area (Å²) in [4.78, 5) is 16.7. The van der Waals surface area contributed by atoms with Crippen molar-refractivity contribution in [1.29, 1.82) is 0 Å². The minimum atomic E-state index is -3.16. The highest BCUT2D eigenvalue weighted by Crippen LogP contribution is 2.47. The summed E-state index contributed by atoms with van der Waals surface area (Å²) in [5, 5.41) is 11.0. The molecule has 1 saturated heterocycles. The van der Waals surface area contributed by atoms with Gasteiger partial charge in [0.1, 0.15) is 0 Å². The number of benzene rings is 2. The molecule has 8 nitrogen and oxygen atoms in total. The van der Waals surface area contributed by atoms with Gasteiger partial charge in [-0.25, -0.2) is 17.5 Å². The lowest BCUT2D eigenvalue weighted by molar-refractivity contribution is 0.0697. The monoisotopic (exact) mass is 564 g/mol. The van der Waals surface area contributed by atoms with Crippen LogP contribution in [0.25, 0.3) is 22.2 Å². The average Bonchev–Trinajstić information content (AvgIpc) is 3.53. The van der Waals surface area contributed by atoms with Crippen molar-refractivity contribution in [3.05, 3.63) is 53.6 Å². The molecule has 214 valence electrons. The van der Waals surface area contributed by atoms with Crippen molar-refractivity contribution in [2.45, 2.75) is 57.0 Å². The average molecular weight is 565 g/mol. The van der Waals surface area contributed by atoms with Gasteiger partial charge in [0.25, 0.3) is 0 Å². The lowest BCUT2D eigenvalue weighted by atomic mass is 9.81. The van der Waals surface area contributed by atoms with Crippen LogP contribution >= 0.6 is 0 Å². The summed E-state index contributed by atoms with van der Waals surface area (Å²) >= 11 is 0. The fourth-order valence-electron chi connectivity index (χ4n) is 7.19. The van der Waals surface area contributed by atoms with Gasteiger partial charge in [0.05, 0.1) is 17.5 Å². The number of para-hydroxylation sites is 1. The van der Waals surface area contributed by atoms with Gasteiger partial charge in [-0.15, -0.1) is 0 Å². The van der Waals surface area contributed by atoms with E-state index in [0.29, 0.717) is 24.6 Å². The zero-order valence-electron chi connectivity index (χ0n) is 23.6. The van der Waals surface area contributed by atoms with E-state index >= 15 is 0 Å². The standard InChI is InChI=1S/C31H40N4O4S/c1-32(24-14-15-34(21-24)40(2,38)39)16-17-33-18-19-35-28-20-23(31(36)37)12-13-25(28)29(22-8-4-3-5-9-22)30(35)26-10-6-7-11-27(26)33/h6-7,10-13,20,22,24H,3-5,8-9,14-19,21H2,1-2H3,(H,36,37). The first kappa shape index (κ1) is 27.3. The maximum Gasteiger partial charge on any atom is 0.335 e. The predicted octanol–water partition coefficient (Wildman–Crippen LogP) is 4.84. The molecule has 1 unspecified atom stereocenters. The van der Waals surface area contributed by atoms with Crippen LogP contribution < -0.4 is 4.90 Å². The van der Waals surface area contributed by atoms with Gasteiger partial charge in [0.2, 0.25) is 10.0 Å². The van der Waals surface area contributed by atoms with Crippen molar-refractivity contribution in [3.63, 3.8) is 0 Å². The number of anilines is 1. The summed E-state index contributed by atoms with van der Waals surface area (Å²) in [6, 6.07) is 14.6. The van der Waals surface area contributed by atoms with Crippen LogP contribution in [0.2, 0.25) is 0 Å². The zero-order valence-corrected chi connectivity index (χ0v) is 24.4. The van der Waals surface area contributed by atoms with E-state index in [1.165, 1.54) is 66.3 Å². The van der Waals surface area contributed by atoms with E-state index < -0.39 is 16.0 Å². The first-order chi connectivity index (χ1) is 19.2. The lowest BCUT2D eigenvalue weighted by Gasteiger charge is -2.30. The van der Waals surface area contributed by atoms with Gasteiger partial charge in [-0.05, 0) is 56.0 Å². The number of aromatic carboxylic acids is 1. The lowest BCUT2D eigenvalue weighted by Crippen LogP contribution is -2.41. The summed E-state index contributed by atoms with van der Waals surface area (Å²) < 4.78 is 28.0. The highest BCUT2D eigenvalue weighted by Gasteiger charge is 2.33. The Labute approximate surface area is 237 Å². The van der Waals surface area contributed by atoms with Crippen LogP contribution in [0.1, 0.15) is 60.4 Å². The van der Waals surface area contributed by atoms with Crippen molar-refractivity contribution in [1.82, 2.24) is 13.8 Å². The number of carboxylic acids is 1. The van der Waals surface area contributed by atoms with Gasteiger partial charge in [0.15, 0.2) is 0 Å². The smallest absolute Gasteiger partial charge is 0.335 e. The number of likely N-dealkylation sites (N-methyl/N-ethyl adjacent to an activating group) is 1. The molecule has 2 aliphatic heterocycles. The van der Waals surface area contributed by atoms with Crippen LogP contribution in [0.3, 0.4) is 0 Å². The first-order valence-corrected chi connectivity index (χ1v) is 16.5. The second-order valence-electron chi connectivity index (χ2n) is 11.8. The second kappa shape index (κ2) is 10.8. The van der Waals surface area contributed by atoms with Crippen molar-refractivity contribution in [2.75, 3.05) is 50.9 Å². The van der Waals surface area contributed by atoms with Crippen LogP contribution in [0.4, 0.5) is 5.69 Å². The Morgan fingerprint density at radius 1 is 1.02 bits per heavy atom. The molecule has 1 N–H and O–H groups in total. The van der Waals surface area contributed by atoms with E-state index in [1.54, 1.807) is 10.4 Å². The number of carboxylic acid groups (broad SMARTS) is 1. The molecule has 2 fully saturated rings.